The molecular weight excluding hydrogens is 222 g/mol. The minimum absolute atomic E-state index is 0.791. The number of rotatable bonds is 2. The summed E-state index contributed by atoms with van der Waals surface area (Å²) in [7, 11) is 1.66. The van der Waals surface area contributed by atoms with Crippen molar-refractivity contribution in [2.45, 2.75) is 0 Å². The third kappa shape index (κ3) is 1.39. The number of hydrogen-bond acceptors (Lipinski definition) is 4. The van der Waals surface area contributed by atoms with E-state index in [-0.39, 0.29) is 0 Å². The predicted molar refractivity (Wildman–Crippen MR) is 63.9 cm³/mol. The topological polar surface area (TPSA) is 35.3 Å². The first-order valence-electron chi connectivity index (χ1n) is 4.86. The quantitative estimate of drug-likeness (QED) is 0.676. The van der Waals surface area contributed by atoms with E-state index in [0.717, 1.165) is 27.3 Å². The molecule has 0 N–H and O–H groups in total. The van der Waals surface area contributed by atoms with Crippen molar-refractivity contribution in [3.05, 3.63) is 36.6 Å². The number of hydrogen-bond donors (Lipinski definition) is 0. The van der Waals surface area contributed by atoms with Gasteiger partial charge >= 0.3 is 0 Å². The number of ether oxygens (including phenoxy) is 1. The number of aromatic nitrogens is 1. The van der Waals surface area contributed by atoms with Crippen LogP contribution in [-0.4, -0.2) is 11.5 Å². The minimum Gasteiger partial charge on any atom is -0.497 e. The first-order valence-corrected chi connectivity index (χ1v) is 5.63. The van der Waals surface area contributed by atoms with Crippen molar-refractivity contribution in [2.75, 3.05) is 7.11 Å². The Labute approximate surface area is 96.4 Å². The van der Waals surface area contributed by atoms with Crippen molar-refractivity contribution in [2.24, 2.45) is 0 Å². The van der Waals surface area contributed by atoms with Crippen molar-refractivity contribution < 1.29 is 9.15 Å². The van der Waals surface area contributed by atoms with E-state index in [1.54, 1.807) is 13.4 Å². The van der Waals surface area contributed by atoms with Gasteiger partial charge in [-0.25, -0.2) is 0 Å². The largest absolute Gasteiger partial charge is 0.497 e. The molecule has 0 radical (unpaired) electrons. The van der Waals surface area contributed by atoms with Crippen LogP contribution in [0.2, 0.25) is 0 Å². The summed E-state index contributed by atoms with van der Waals surface area (Å²) in [5, 5.41) is 1.07. The predicted octanol–water partition coefficient (Wildman–Crippen LogP) is 3.56. The standard InChI is InChI=1S/C12H9NO2S/c1-14-8-4-5-11-9(7-8)12(13-16-11)10-3-2-6-15-10/h2-7H,1H3. The van der Waals surface area contributed by atoms with Gasteiger partial charge in [0.05, 0.1) is 18.1 Å². The van der Waals surface area contributed by atoms with Gasteiger partial charge in [0.15, 0.2) is 5.76 Å². The van der Waals surface area contributed by atoms with Crippen LogP contribution < -0.4 is 4.74 Å². The zero-order valence-corrected chi connectivity index (χ0v) is 9.45. The Hall–Kier alpha value is -1.81. The summed E-state index contributed by atoms with van der Waals surface area (Å²) in [6, 6.07) is 9.70. The molecule has 3 rings (SSSR count). The fraction of sp³-hybridized carbons (Fsp3) is 0.0833. The molecule has 0 fully saturated rings. The summed E-state index contributed by atoms with van der Waals surface area (Å²) in [5.74, 6) is 1.63. The molecule has 2 aromatic heterocycles. The van der Waals surface area contributed by atoms with Gasteiger partial charge in [0.1, 0.15) is 11.4 Å². The number of furan rings is 1. The van der Waals surface area contributed by atoms with Crippen molar-refractivity contribution in [1.82, 2.24) is 4.37 Å². The lowest BCUT2D eigenvalue weighted by Gasteiger charge is -1.99. The van der Waals surface area contributed by atoms with E-state index in [1.165, 1.54) is 11.5 Å². The van der Waals surface area contributed by atoms with Crippen molar-refractivity contribution in [1.29, 1.82) is 0 Å². The van der Waals surface area contributed by atoms with E-state index < -0.39 is 0 Å². The van der Waals surface area contributed by atoms with E-state index in [0.29, 0.717) is 0 Å². The highest BCUT2D eigenvalue weighted by molar-refractivity contribution is 7.13. The second-order valence-electron chi connectivity index (χ2n) is 3.37. The Balaban J connectivity index is 2.25. The van der Waals surface area contributed by atoms with Crippen LogP contribution in [-0.2, 0) is 0 Å². The fourth-order valence-corrected chi connectivity index (χ4v) is 2.40. The molecule has 16 heavy (non-hydrogen) atoms. The lowest BCUT2D eigenvalue weighted by molar-refractivity contribution is 0.415. The van der Waals surface area contributed by atoms with E-state index >= 15 is 0 Å². The van der Waals surface area contributed by atoms with Crippen LogP contribution >= 0.6 is 11.5 Å². The lowest BCUT2D eigenvalue weighted by Crippen LogP contribution is -1.81. The number of nitrogens with zero attached hydrogens (tertiary/aromatic N) is 1. The molecule has 1 aromatic carbocycles. The highest BCUT2D eigenvalue weighted by atomic mass is 32.1. The van der Waals surface area contributed by atoms with Gasteiger partial charge in [0, 0.05) is 5.39 Å². The zero-order chi connectivity index (χ0) is 11.0. The van der Waals surface area contributed by atoms with Gasteiger partial charge in [0.2, 0.25) is 0 Å². The molecule has 0 spiro atoms. The lowest BCUT2D eigenvalue weighted by atomic mass is 10.2. The second-order valence-corrected chi connectivity index (χ2v) is 4.18. The molecule has 2 heterocycles. The highest BCUT2D eigenvalue weighted by Crippen LogP contribution is 2.33. The molecule has 3 nitrogen and oxygen atoms in total. The molecule has 0 bridgehead atoms. The summed E-state index contributed by atoms with van der Waals surface area (Å²) in [5.41, 5.74) is 0.879. The average Bonchev–Trinajstić information content (AvgIpc) is 2.96. The molecule has 80 valence electrons. The SMILES string of the molecule is COc1ccc2snc(-c3ccco3)c2c1. The van der Waals surface area contributed by atoms with Gasteiger partial charge in [-0.1, -0.05) is 0 Å². The molecule has 3 aromatic rings. The molecule has 0 aliphatic rings. The van der Waals surface area contributed by atoms with Gasteiger partial charge in [0.25, 0.3) is 0 Å². The summed E-state index contributed by atoms with van der Waals surface area (Å²) >= 11 is 1.47. The molecule has 4 heteroatoms. The summed E-state index contributed by atoms with van der Waals surface area (Å²) in [6.07, 6.45) is 1.65. The van der Waals surface area contributed by atoms with E-state index in [4.69, 9.17) is 9.15 Å². The van der Waals surface area contributed by atoms with Crippen LogP contribution in [0.4, 0.5) is 0 Å². The zero-order valence-electron chi connectivity index (χ0n) is 8.64. The van der Waals surface area contributed by atoms with Crippen LogP contribution in [0.25, 0.3) is 21.5 Å². The van der Waals surface area contributed by atoms with Crippen LogP contribution in [0.5, 0.6) is 5.75 Å². The Morgan fingerprint density at radius 2 is 2.25 bits per heavy atom. The molecule has 0 atom stereocenters. The number of methoxy groups -OCH3 is 1. The summed E-state index contributed by atoms with van der Waals surface area (Å²) in [6.45, 7) is 0. The minimum atomic E-state index is 0.791. The van der Waals surface area contributed by atoms with Crippen LogP contribution in [0.1, 0.15) is 0 Å². The molecule has 0 amide bonds. The molecule has 0 unspecified atom stereocenters. The second kappa shape index (κ2) is 3.64. The van der Waals surface area contributed by atoms with Gasteiger partial charge < -0.3 is 9.15 Å². The highest BCUT2D eigenvalue weighted by Gasteiger charge is 2.11. The van der Waals surface area contributed by atoms with E-state index in [1.807, 2.05) is 30.3 Å². The van der Waals surface area contributed by atoms with Crippen LogP contribution in [0, 0.1) is 0 Å². The van der Waals surface area contributed by atoms with Gasteiger partial charge in [-0.05, 0) is 41.9 Å². The molecule has 0 saturated heterocycles. The smallest absolute Gasteiger partial charge is 0.153 e. The Morgan fingerprint density at radius 1 is 1.31 bits per heavy atom. The first-order chi connectivity index (χ1) is 7.88. The van der Waals surface area contributed by atoms with Crippen molar-refractivity contribution in [3.63, 3.8) is 0 Å². The maximum absolute atomic E-state index is 5.36. The maximum atomic E-state index is 5.36. The van der Waals surface area contributed by atoms with Crippen LogP contribution in [0.15, 0.2) is 41.0 Å². The molecule has 0 aliphatic carbocycles. The van der Waals surface area contributed by atoms with Gasteiger partial charge in [-0.15, -0.1) is 0 Å². The average molecular weight is 231 g/mol. The van der Waals surface area contributed by atoms with E-state index in [2.05, 4.69) is 4.37 Å². The number of fused-ring (bicyclic) bond motifs is 1. The van der Waals surface area contributed by atoms with Crippen molar-refractivity contribution in [3.8, 4) is 17.2 Å². The third-order valence-corrected chi connectivity index (χ3v) is 3.26. The van der Waals surface area contributed by atoms with Gasteiger partial charge in [-0.3, -0.25) is 0 Å². The van der Waals surface area contributed by atoms with Gasteiger partial charge in [-0.2, -0.15) is 4.37 Å². The third-order valence-electron chi connectivity index (χ3n) is 2.43. The van der Waals surface area contributed by atoms with E-state index in [9.17, 15) is 0 Å². The van der Waals surface area contributed by atoms with Crippen LogP contribution in [0.3, 0.4) is 0 Å². The monoisotopic (exact) mass is 231 g/mol. The normalized spacial score (nSPS) is 10.8. The fourth-order valence-electron chi connectivity index (χ4n) is 1.64. The Kier molecular flexibility index (Phi) is 2.15. The number of benzene rings is 1. The summed E-state index contributed by atoms with van der Waals surface area (Å²) in [4.78, 5) is 0. The van der Waals surface area contributed by atoms with Crippen molar-refractivity contribution >= 4 is 21.6 Å². The molecular formula is C12H9NO2S. The maximum Gasteiger partial charge on any atom is 0.153 e. The Morgan fingerprint density at radius 3 is 3.00 bits per heavy atom. The Bertz CT molecular complexity index is 613. The molecule has 0 aliphatic heterocycles. The molecule has 0 saturated carbocycles. The summed E-state index contributed by atoms with van der Waals surface area (Å²) < 4.78 is 16.1. The first kappa shape index (κ1) is 9.42.